The summed E-state index contributed by atoms with van der Waals surface area (Å²) in [7, 11) is 3.01. The van der Waals surface area contributed by atoms with Gasteiger partial charge >= 0.3 is 6.02 Å². The number of nitrogens with zero attached hydrogens (tertiary/aromatic N) is 2. The van der Waals surface area contributed by atoms with Crippen molar-refractivity contribution < 1.29 is 23.8 Å². The molecule has 0 aliphatic carbocycles. The van der Waals surface area contributed by atoms with Gasteiger partial charge in [-0.2, -0.15) is 4.99 Å². The quantitative estimate of drug-likeness (QED) is 0.766. The van der Waals surface area contributed by atoms with E-state index in [1.165, 1.54) is 19.1 Å². The summed E-state index contributed by atoms with van der Waals surface area (Å²) in [4.78, 5) is 28.5. The van der Waals surface area contributed by atoms with E-state index < -0.39 is 11.8 Å². The molecule has 1 aliphatic heterocycles. The van der Waals surface area contributed by atoms with Crippen molar-refractivity contribution in [1.29, 1.82) is 0 Å². The maximum atomic E-state index is 12.0. The molecule has 7 nitrogen and oxygen atoms in total. The zero-order valence-electron chi connectivity index (χ0n) is 12.2. The van der Waals surface area contributed by atoms with Crippen LogP contribution in [0.2, 0.25) is 5.02 Å². The van der Waals surface area contributed by atoms with Crippen LogP contribution in [0.5, 0.6) is 11.5 Å². The lowest BCUT2D eigenvalue weighted by Crippen LogP contribution is -2.46. The van der Waals surface area contributed by atoms with E-state index in [0.717, 1.165) is 0 Å². The van der Waals surface area contributed by atoms with Gasteiger partial charge in [0.15, 0.2) is 5.75 Å². The molecule has 1 aliphatic rings. The normalized spacial score (nSPS) is 14.9. The van der Waals surface area contributed by atoms with Crippen LogP contribution in [0.4, 0.5) is 0 Å². The van der Waals surface area contributed by atoms with E-state index in [9.17, 15) is 9.59 Å². The average Bonchev–Trinajstić information content (AvgIpc) is 2.48. The Bertz CT molecular complexity index is 617. The smallest absolute Gasteiger partial charge is 0.307 e. The molecule has 8 heteroatoms. The van der Waals surface area contributed by atoms with Crippen molar-refractivity contribution in [3.8, 4) is 11.5 Å². The van der Waals surface area contributed by atoms with Crippen molar-refractivity contribution in [1.82, 2.24) is 4.90 Å². The average molecular weight is 327 g/mol. The van der Waals surface area contributed by atoms with Crippen molar-refractivity contribution in [3.63, 3.8) is 0 Å². The van der Waals surface area contributed by atoms with Crippen LogP contribution in [0.1, 0.15) is 6.42 Å². The number of methoxy groups -OCH3 is 2. The molecule has 0 atom stereocenters. The molecule has 0 fully saturated rings. The van der Waals surface area contributed by atoms with Crippen LogP contribution in [-0.4, -0.2) is 50.1 Å². The minimum Gasteiger partial charge on any atom is -0.497 e. The molecule has 118 valence electrons. The summed E-state index contributed by atoms with van der Waals surface area (Å²) in [5.74, 6) is -0.194. The molecule has 0 aromatic heterocycles. The third-order valence-corrected chi connectivity index (χ3v) is 3.23. The highest BCUT2D eigenvalue weighted by molar-refractivity contribution is 6.32. The van der Waals surface area contributed by atoms with Gasteiger partial charge in [0.2, 0.25) is 5.91 Å². The first-order chi connectivity index (χ1) is 10.5. The third kappa shape index (κ3) is 3.75. The summed E-state index contributed by atoms with van der Waals surface area (Å²) in [6, 6.07) is 4.68. The van der Waals surface area contributed by atoms with Crippen LogP contribution in [0, 0.1) is 0 Å². The molecule has 0 spiro atoms. The van der Waals surface area contributed by atoms with E-state index in [4.69, 9.17) is 25.8 Å². The molecule has 1 aromatic rings. The lowest BCUT2D eigenvalue weighted by molar-refractivity contribution is -0.134. The predicted octanol–water partition coefficient (Wildman–Crippen LogP) is 1.49. The summed E-state index contributed by atoms with van der Waals surface area (Å²) in [6.07, 6.45) is -0.289. The summed E-state index contributed by atoms with van der Waals surface area (Å²) in [5, 5.41) is 0.306. The van der Waals surface area contributed by atoms with Gasteiger partial charge in [0.05, 0.1) is 25.3 Å². The number of aliphatic imine (C=N–C) groups is 1. The van der Waals surface area contributed by atoms with Gasteiger partial charge in [0.25, 0.3) is 5.91 Å². The molecule has 2 rings (SSSR count). The van der Waals surface area contributed by atoms with Crippen LogP contribution in [-0.2, 0) is 14.3 Å². The van der Waals surface area contributed by atoms with Gasteiger partial charge in [-0.15, -0.1) is 0 Å². The lowest BCUT2D eigenvalue weighted by atomic mass is 10.3. The summed E-state index contributed by atoms with van der Waals surface area (Å²) < 4.78 is 15.6. The van der Waals surface area contributed by atoms with Crippen molar-refractivity contribution in [2.24, 2.45) is 4.99 Å². The minimum atomic E-state index is -0.562. The van der Waals surface area contributed by atoms with Crippen LogP contribution >= 0.6 is 11.6 Å². The minimum absolute atomic E-state index is 0.117. The van der Waals surface area contributed by atoms with Gasteiger partial charge < -0.3 is 14.2 Å². The zero-order chi connectivity index (χ0) is 16.1. The Morgan fingerprint density at radius 3 is 2.77 bits per heavy atom. The van der Waals surface area contributed by atoms with E-state index in [2.05, 4.69) is 4.99 Å². The van der Waals surface area contributed by atoms with Crippen molar-refractivity contribution >= 4 is 29.4 Å². The standard InChI is InChI=1S/C14H15ClN2O5/c1-20-6-5-17-13(19)8-12(18)16-14(17)22-11-7-9(21-2)3-4-10(11)15/h3-4,7H,5-6,8H2,1-2H3. The number of hydrogen-bond donors (Lipinski definition) is 0. The largest absolute Gasteiger partial charge is 0.497 e. The monoisotopic (exact) mass is 326 g/mol. The van der Waals surface area contributed by atoms with Crippen LogP contribution in [0.3, 0.4) is 0 Å². The Morgan fingerprint density at radius 2 is 2.09 bits per heavy atom. The number of rotatable bonds is 5. The molecule has 0 radical (unpaired) electrons. The fourth-order valence-electron chi connectivity index (χ4n) is 1.81. The van der Waals surface area contributed by atoms with Crippen LogP contribution < -0.4 is 9.47 Å². The molecule has 1 heterocycles. The van der Waals surface area contributed by atoms with E-state index in [-0.39, 0.29) is 31.3 Å². The fraction of sp³-hybridized carbons (Fsp3) is 0.357. The summed E-state index contributed by atoms with van der Waals surface area (Å²) >= 11 is 6.05. The number of carbonyl (C=O) groups is 2. The van der Waals surface area contributed by atoms with Crippen LogP contribution in [0.25, 0.3) is 0 Å². The molecule has 0 N–H and O–H groups in total. The van der Waals surface area contributed by atoms with Gasteiger partial charge in [0.1, 0.15) is 12.2 Å². The number of halogens is 1. The molecule has 0 saturated carbocycles. The number of amidine groups is 1. The summed E-state index contributed by atoms with van der Waals surface area (Å²) in [6.45, 7) is 0.511. The molecule has 22 heavy (non-hydrogen) atoms. The van der Waals surface area contributed by atoms with Gasteiger partial charge in [0, 0.05) is 13.2 Å². The van der Waals surface area contributed by atoms with Crippen molar-refractivity contribution in [2.45, 2.75) is 6.42 Å². The first kappa shape index (κ1) is 16.3. The van der Waals surface area contributed by atoms with Gasteiger partial charge in [-0.05, 0) is 12.1 Å². The molecule has 0 bridgehead atoms. The van der Waals surface area contributed by atoms with Crippen molar-refractivity contribution in [2.75, 3.05) is 27.4 Å². The Hall–Kier alpha value is -2.12. The first-order valence-corrected chi connectivity index (χ1v) is 6.85. The molecular formula is C14H15ClN2O5. The maximum Gasteiger partial charge on any atom is 0.307 e. The maximum absolute atomic E-state index is 12.0. The molecular weight excluding hydrogens is 312 g/mol. The number of ether oxygens (including phenoxy) is 3. The third-order valence-electron chi connectivity index (χ3n) is 2.91. The fourth-order valence-corrected chi connectivity index (χ4v) is 1.96. The zero-order valence-corrected chi connectivity index (χ0v) is 12.9. The highest BCUT2D eigenvalue weighted by Crippen LogP contribution is 2.29. The Morgan fingerprint density at radius 1 is 1.32 bits per heavy atom. The number of hydrogen-bond acceptors (Lipinski definition) is 5. The molecule has 2 amide bonds. The molecule has 0 unspecified atom stereocenters. The molecule has 0 saturated heterocycles. The number of benzene rings is 1. The SMILES string of the molecule is COCCN1C(=O)CC(=O)N=C1Oc1cc(OC)ccc1Cl. The van der Waals surface area contributed by atoms with Gasteiger partial charge in [-0.1, -0.05) is 11.6 Å². The van der Waals surface area contributed by atoms with Crippen LogP contribution in [0.15, 0.2) is 23.2 Å². The second kappa shape index (κ2) is 7.24. The summed E-state index contributed by atoms with van der Waals surface area (Å²) in [5.41, 5.74) is 0. The second-order valence-electron chi connectivity index (χ2n) is 4.40. The number of amides is 2. The van der Waals surface area contributed by atoms with E-state index in [1.54, 1.807) is 18.2 Å². The lowest BCUT2D eigenvalue weighted by Gasteiger charge is -2.25. The second-order valence-corrected chi connectivity index (χ2v) is 4.81. The highest BCUT2D eigenvalue weighted by atomic mass is 35.5. The Balaban J connectivity index is 2.27. The van der Waals surface area contributed by atoms with Crippen molar-refractivity contribution in [3.05, 3.63) is 23.2 Å². The number of carbonyl (C=O) groups excluding carboxylic acids is 2. The van der Waals surface area contributed by atoms with E-state index >= 15 is 0 Å². The topological polar surface area (TPSA) is 77.4 Å². The van der Waals surface area contributed by atoms with Gasteiger partial charge in [-0.25, -0.2) is 0 Å². The van der Waals surface area contributed by atoms with Gasteiger partial charge in [-0.3, -0.25) is 14.5 Å². The Kier molecular flexibility index (Phi) is 5.35. The first-order valence-electron chi connectivity index (χ1n) is 6.47. The van der Waals surface area contributed by atoms with E-state index in [0.29, 0.717) is 10.8 Å². The highest BCUT2D eigenvalue weighted by Gasteiger charge is 2.29. The Labute approximate surface area is 132 Å². The predicted molar refractivity (Wildman–Crippen MR) is 79.3 cm³/mol. The molecule has 1 aromatic carbocycles. The van der Waals surface area contributed by atoms with E-state index in [1.807, 2.05) is 0 Å².